The number of allylic oxidation sites excluding steroid dienone is 4. The lowest BCUT2D eigenvalue weighted by Gasteiger charge is -2.11. The number of rotatable bonds is 7. The van der Waals surface area contributed by atoms with Crippen molar-refractivity contribution in [3.8, 4) is 0 Å². The summed E-state index contributed by atoms with van der Waals surface area (Å²) in [7, 11) is 0. The van der Waals surface area contributed by atoms with Crippen LogP contribution in [0.5, 0.6) is 0 Å². The Bertz CT molecular complexity index is 537. The third-order valence-electron chi connectivity index (χ3n) is 4.07. The molecule has 0 saturated heterocycles. The molecule has 0 bridgehead atoms. The Balaban J connectivity index is 1.80. The summed E-state index contributed by atoms with van der Waals surface area (Å²) in [5.74, 6) is -0.0781. The second-order valence-electron chi connectivity index (χ2n) is 5.88. The Morgan fingerprint density at radius 3 is 2.64 bits per heavy atom. The van der Waals surface area contributed by atoms with Gasteiger partial charge in [0.05, 0.1) is 12.5 Å². The first-order valence-corrected chi connectivity index (χ1v) is 8.33. The second kappa shape index (κ2) is 8.57. The summed E-state index contributed by atoms with van der Waals surface area (Å²) in [6, 6.07) is 8.80. The molecule has 0 heterocycles. The maximum atomic E-state index is 11.6. The average Bonchev–Trinajstić information content (AvgIpc) is 2.56. The molecule has 2 nitrogen and oxygen atoms in total. The van der Waals surface area contributed by atoms with E-state index in [4.69, 9.17) is 4.74 Å². The van der Waals surface area contributed by atoms with Gasteiger partial charge < -0.3 is 4.74 Å². The van der Waals surface area contributed by atoms with Crippen molar-refractivity contribution in [2.24, 2.45) is 5.92 Å². The molecule has 1 aliphatic rings. The van der Waals surface area contributed by atoms with E-state index in [0.29, 0.717) is 6.61 Å². The van der Waals surface area contributed by atoms with Gasteiger partial charge in [-0.25, -0.2) is 0 Å². The fourth-order valence-electron chi connectivity index (χ4n) is 2.71. The maximum absolute atomic E-state index is 11.6. The lowest BCUT2D eigenvalue weighted by atomic mass is 9.96. The smallest absolute Gasteiger partial charge is 0.308 e. The molecule has 0 N–H and O–H groups in total. The highest BCUT2D eigenvalue weighted by molar-refractivity contribution is 5.74. The molecule has 22 heavy (non-hydrogen) atoms. The summed E-state index contributed by atoms with van der Waals surface area (Å²) in [6.45, 7) is 4.26. The van der Waals surface area contributed by atoms with Crippen molar-refractivity contribution in [2.45, 2.75) is 46.0 Å². The summed E-state index contributed by atoms with van der Waals surface area (Å²) >= 11 is 0. The highest BCUT2D eigenvalue weighted by atomic mass is 16.5. The van der Waals surface area contributed by atoms with Crippen LogP contribution in [0.25, 0.3) is 5.57 Å². The van der Waals surface area contributed by atoms with Gasteiger partial charge in [0, 0.05) is 0 Å². The van der Waals surface area contributed by atoms with Crippen molar-refractivity contribution < 1.29 is 9.53 Å². The SMILES string of the molecule is CCOC(=O)[C@H](C)CCCc1ccc(C2=CCCC=C2)cc1. The van der Waals surface area contributed by atoms with Crippen LogP contribution in [0.1, 0.15) is 50.7 Å². The van der Waals surface area contributed by atoms with E-state index in [2.05, 4.69) is 42.5 Å². The van der Waals surface area contributed by atoms with Crippen molar-refractivity contribution in [1.82, 2.24) is 0 Å². The number of ether oxygens (including phenoxy) is 1. The van der Waals surface area contributed by atoms with Crippen LogP contribution in [0.2, 0.25) is 0 Å². The van der Waals surface area contributed by atoms with E-state index >= 15 is 0 Å². The fraction of sp³-hybridized carbons (Fsp3) is 0.450. The fourth-order valence-corrected chi connectivity index (χ4v) is 2.71. The Hall–Kier alpha value is -1.83. The number of hydrogen-bond donors (Lipinski definition) is 0. The highest BCUT2D eigenvalue weighted by Crippen LogP contribution is 2.22. The standard InChI is InChI=1S/C20H26O2/c1-3-22-20(21)16(2)8-7-9-17-12-14-19(15-13-17)18-10-5-4-6-11-18/h5,10-16H,3-4,6-9H2,1-2H3/t16-/m1/s1. The molecule has 1 aromatic rings. The minimum Gasteiger partial charge on any atom is -0.466 e. The van der Waals surface area contributed by atoms with Gasteiger partial charge >= 0.3 is 5.97 Å². The summed E-state index contributed by atoms with van der Waals surface area (Å²) in [5, 5.41) is 0. The molecule has 0 aromatic heterocycles. The minimum atomic E-state index is -0.0751. The van der Waals surface area contributed by atoms with Crippen molar-refractivity contribution in [3.63, 3.8) is 0 Å². The van der Waals surface area contributed by atoms with Crippen molar-refractivity contribution in [1.29, 1.82) is 0 Å². The molecular formula is C20H26O2. The Labute approximate surface area is 133 Å². The normalized spacial score (nSPS) is 15.3. The average molecular weight is 298 g/mol. The number of benzene rings is 1. The molecular weight excluding hydrogens is 272 g/mol. The summed E-state index contributed by atoms with van der Waals surface area (Å²) in [6.07, 6.45) is 11.9. The Kier molecular flexibility index (Phi) is 6.45. The van der Waals surface area contributed by atoms with Crippen LogP contribution in [0.15, 0.2) is 42.5 Å². The zero-order valence-corrected chi connectivity index (χ0v) is 13.7. The van der Waals surface area contributed by atoms with Crippen LogP contribution in [0, 0.1) is 5.92 Å². The van der Waals surface area contributed by atoms with E-state index in [9.17, 15) is 4.79 Å². The van der Waals surface area contributed by atoms with Crippen molar-refractivity contribution in [3.05, 3.63) is 53.6 Å². The van der Waals surface area contributed by atoms with Crippen molar-refractivity contribution >= 4 is 11.5 Å². The van der Waals surface area contributed by atoms with Crippen LogP contribution < -0.4 is 0 Å². The zero-order valence-electron chi connectivity index (χ0n) is 13.7. The van der Waals surface area contributed by atoms with Gasteiger partial charge in [-0.15, -0.1) is 0 Å². The predicted octanol–water partition coefficient (Wildman–Crippen LogP) is 4.94. The Morgan fingerprint density at radius 2 is 2.00 bits per heavy atom. The third-order valence-corrected chi connectivity index (χ3v) is 4.07. The molecule has 0 unspecified atom stereocenters. The first kappa shape index (κ1) is 16.5. The van der Waals surface area contributed by atoms with Gasteiger partial charge in [0.2, 0.25) is 0 Å². The van der Waals surface area contributed by atoms with Gasteiger partial charge in [0.25, 0.3) is 0 Å². The summed E-state index contributed by atoms with van der Waals surface area (Å²) in [5.41, 5.74) is 3.95. The molecule has 0 spiro atoms. The van der Waals surface area contributed by atoms with Gasteiger partial charge in [-0.05, 0) is 55.7 Å². The van der Waals surface area contributed by atoms with Gasteiger partial charge in [-0.2, -0.15) is 0 Å². The minimum absolute atomic E-state index is 0.00300. The summed E-state index contributed by atoms with van der Waals surface area (Å²) < 4.78 is 5.04. The van der Waals surface area contributed by atoms with Crippen LogP contribution in [-0.4, -0.2) is 12.6 Å². The monoisotopic (exact) mass is 298 g/mol. The van der Waals surface area contributed by atoms with E-state index in [1.165, 1.54) is 16.7 Å². The third kappa shape index (κ3) is 4.87. The van der Waals surface area contributed by atoms with Crippen LogP contribution >= 0.6 is 0 Å². The molecule has 2 rings (SSSR count). The van der Waals surface area contributed by atoms with E-state index in [0.717, 1.165) is 32.1 Å². The molecule has 2 heteroatoms. The predicted molar refractivity (Wildman–Crippen MR) is 91.5 cm³/mol. The topological polar surface area (TPSA) is 26.3 Å². The number of hydrogen-bond acceptors (Lipinski definition) is 2. The van der Waals surface area contributed by atoms with E-state index in [-0.39, 0.29) is 11.9 Å². The molecule has 1 aliphatic carbocycles. The van der Waals surface area contributed by atoms with Gasteiger partial charge in [0.1, 0.15) is 0 Å². The lowest BCUT2D eigenvalue weighted by molar-refractivity contribution is -0.147. The first-order valence-electron chi connectivity index (χ1n) is 8.33. The maximum Gasteiger partial charge on any atom is 0.308 e. The highest BCUT2D eigenvalue weighted by Gasteiger charge is 2.13. The van der Waals surface area contributed by atoms with Gasteiger partial charge in [-0.1, -0.05) is 49.4 Å². The lowest BCUT2D eigenvalue weighted by Crippen LogP contribution is -2.14. The van der Waals surface area contributed by atoms with Gasteiger partial charge in [-0.3, -0.25) is 4.79 Å². The van der Waals surface area contributed by atoms with E-state index in [1.807, 2.05) is 13.8 Å². The van der Waals surface area contributed by atoms with E-state index < -0.39 is 0 Å². The molecule has 0 aliphatic heterocycles. The zero-order chi connectivity index (χ0) is 15.8. The molecule has 1 aromatic carbocycles. The molecule has 1 atom stereocenters. The molecule has 0 amide bonds. The number of aryl methyl sites for hydroxylation is 1. The number of esters is 1. The van der Waals surface area contributed by atoms with Crippen molar-refractivity contribution in [2.75, 3.05) is 6.61 Å². The van der Waals surface area contributed by atoms with Crippen LogP contribution in [-0.2, 0) is 16.0 Å². The Morgan fingerprint density at radius 1 is 1.23 bits per heavy atom. The van der Waals surface area contributed by atoms with E-state index in [1.54, 1.807) is 0 Å². The largest absolute Gasteiger partial charge is 0.466 e. The first-order chi connectivity index (χ1) is 10.7. The molecule has 0 saturated carbocycles. The molecule has 0 radical (unpaired) electrons. The van der Waals surface area contributed by atoms with Gasteiger partial charge in [0.15, 0.2) is 0 Å². The quantitative estimate of drug-likeness (QED) is 0.666. The van der Waals surface area contributed by atoms with Crippen LogP contribution in [0.4, 0.5) is 0 Å². The number of carbonyl (C=O) groups is 1. The molecule has 118 valence electrons. The number of carbonyl (C=O) groups excluding carboxylic acids is 1. The molecule has 0 fully saturated rings. The van der Waals surface area contributed by atoms with Crippen LogP contribution in [0.3, 0.4) is 0 Å². The summed E-state index contributed by atoms with van der Waals surface area (Å²) in [4.78, 5) is 11.6. The second-order valence-corrected chi connectivity index (χ2v) is 5.88.